The van der Waals surface area contributed by atoms with Crippen LogP contribution in [0.15, 0.2) is 42.5 Å². The van der Waals surface area contributed by atoms with Gasteiger partial charge < -0.3 is 15.1 Å². The molecule has 0 radical (unpaired) electrons. The Morgan fingerprint density at radius 1 is 1.00 bits per heavy atom. The van der Waals surface area contributed by atoms with Gasteiger partial charge in [-0.25, -0.2) is 13.6 Å². The van der Waals surface area contributed by atoms with Crippen molar-refractivity contribution < 1.29 is 18.4 Å². The van der Waals surface area contributed by atoms with Crippen molar-refractivity contribution in [1.29, 1.82) is 0 Å². The highest BCUT2D eigenvalue weighted by Crippen LogP contribution is 2.48. The molecule has 2 atom stereocenters. The fourth-order valence-electron chi connectivity index (χ4n) is 4.90. The lowest BCUT2D eigenvalue weighted by Gasteiger charge is -2.39. The molecule has 8 heteroatoms. The summed E-state index contributed by atoms with van der Waals surface area (Å²) in [6.45, 7) is 2.51. The second-order valence-electron chi connectivity index (χ2n) is 8.02. The Balaban J connectivity index is 1.38. The molecule has 1 N–H and O–H groups in total. The third kappa shape index (κ3) is 3.21. The van der Waals surface area contributed by atoms with Crippen LogP contribution in [0, 0.1) is 11.6 Å². The van der Waals surface area contributed by atoms with E-state index in [4.69, 9.17) is 0 Å². The maximum Gasteiger partial charge on any atom is 0.324 e. The fourth-order valence-corrected chi connectivity index (χ4v) is 4.90. The van der Waals surface area contributed by atoms with Crippen molar-refractivity contribution in [3.8, 4) is 0 Å². The largest absolute Gasteiger partial charge is 0.337 e. The first-order valence-electron chi connectivity index (χ1n) is 10.2. The molecule has 156 valence electrons. The third-order valence-corrected chi connectivity index (χ3v) is 6.32. The van der Waals surface area contributed by atoms with Crippen LogP contribution in [-0.2, 0) is 4.79 Å². The molecule has 0 unspecified atom stereocenters. The van der Waals surface area contributed by atoms with Gasteiger partial charge in [0.2, 0.25) is 5.91 Å². The smallest absolute Gasteiger partial charge is 0.324 e. The van der Waals surface area contributed by atoms with Gasteiger partial charge in [0, 0.05) is 49.5 Å². The van der Waals surface area contributed by atoms with E-state index in [-0.39, 0.29) is 42.1 Å². The average molecular weight is 412 g/mol. The number of benzene rings is 2. The van der Waals surface area contributed by atoms with Crippen LogP contribution in [0.5, 0.6) is 0 Å². The van der Waals surface area contributed by atoms with E-state index in [2.05, 4.69) is 15.1 Å². The Morgan fingerprint density at radius 2 is 1.77 bits per heavy atom. The van der Waals surface area contributed by atoms with E-state index in [1.807, 2.05) is 0 Å². The summed E-state index contributed by atoms with van der Waals surface area (Å²) in [6, 6.07) is 11.1. The molecular formula is C22H22F2N4O2. The minimum atomic E-state index is -0.342. The summed E-state index contributed by atoms with van der Waals surface area (Å²) in [5.74, 6) is -0.669. The molecule has 2 aromatic rings. The van der Waals surface area contributed by atoms with E-state index in [9.17, 15) is 18.4 Å². The number of nitrogens with one attached hydrogen (secondary N) is 1. The van der Waals surface area contributed by atoms with Gasteiger partial charge in [0.05, 0.1) is 6.54 Å². The van der Waals surface area contributed by atoms with Crippen molar-refractivity contribution in [1.82, 2.24) is 15.1 Å². The molecule has 30 heavy (non-hydrogen) atoms. The summed E-state index contributed by atoms with van der Waals surface area (Å²) >= 11 is 0. The molecule has 3 amide bonds. The molecule has 3 heterocycles. The quantitative estimate of drug-likeness (QED) is 0.785. The molecule has 0 bridgehead atoms. The van der Waals surface area contributed by atoms with E-state index in [1.54, 1.807) is 24.3 Å². The number of nitrogens with zero attached hydrogens (tertiary/aromatic N) is 3. The number of hydrogen-bond donors (Lipinski definition) is 1. The second kappa shape index (κ2) is 7.36. The Hall–Kier alpha value is -3.00. The maximum absolute atomic E-state index is 14.1. The van der Waals surface area contributed by atoms with Gasteiger partial charge in [-0.05, 0) is 54.4 Å². The molecule has 5 rings (SSSR count). The highest BCUT2D eigenvalue weighted by Gasteiger charge is 2.43. The Bertz CT molecular complexity index is 981. The normalized spacial score (nSPS) is 23.5. The Kier molecular flexibility index (Phi) is 4.66. The van der Waals surface area contributed by atoms with Crippen molar-refractivity contribution in [3.63, 3.8) is 0 Å². The third-order valence-electron chi connectivity index (χ3n) is 6.32. The molecule has 2 saturated heterocycles. The maximum atomic E-state index is 14.1. The second-order valence-corrected chi connectivity index (χ2v) is 8.02. The van der Waals surface area contributed by atoms with Gasteiger partial charge in [0.1, 0.15) is 11.6 Å². The molecular weight excluding hydrogens is 390 g/mol. The molecule has 3 aliphatic heterocycles. The monoisotopic (exact) mass is 412 g/mol. The van der Waals surface area contributed by atoms with Crippen molar-refractivity contribution in [3.05, 3.63) is 59.7 Å². The van der Waals surface area contributed by atoms with Crippen molar-refractivity contribution >= 4 is 23.3 Å². The number of anilines is 2. The minimum absolute atomic E-state index is 0.0583. The zero-order valence-corrected chi connectivity index (χ0v) is 16.4. The first-order chi connectivity index (χ1) is 14.5. The lowest BCUT2D eigenvalue weighted by atomic mass is 9.89. The highest BCUT2D eigenvalue weighted by atomic mass is 19.1. The van der Waals surface area contributed by atoms with E-state index in [0.717, 1.165) is 29.9 Å². The van der Waals surface area contributed by atoms with Gasteiger partial charge in [0.15, 0.2) is 0 Å². The SMILES string of the molecule is O=C1CNC(=O)N1CCN1CC[C@@H]2[C@@H](C1)c1cc(F)ccc1N2c1ccc(F)cc1. The fraction of sp³-hybridized carbons (Fsp3) is 0.364. The number of piperidine rings is 1. The van der Waals surface area contributed by atoms with E-state index >= 15 is 0 Å². The molecule has 6 nitrogen and oxygen atoms in total. The van der Waals surface area contributed by atoms with E-state index < -0.39 is 0 Å². The zero-order valence-electron chi connectivity index (χ0n) is 16.4. The van der Waals surface area contributed by atoms with Crippen molar-refractivity contribution in [2.24, 2.45) is 0 Å². The summed E-state index contributed by atoms with van der Waals surface area (Å²) in [5, 5.41) is 2.54. The number of urea groups is 1. The van der Waals surface area contributed by atoms with Crippen LogP contribution in [-0.4, -0.2) is 60.5 Å². The van der Waals surface area contributed by atoms with Gasteiger partial charge in [-0.2, -0.15) is 0 Å². The molecule has 2 fully saturated rings. The summed E-state index contributed by atoms with van der Waals surface area (Å²) in [6.07, 6.45) is 0.846. The van der Waals surface area contributed by atoms with Crippen LogP contribution in [0.3, 0.4) is 0 Å². The molecule has 0 saturated carbocycles. The van der Waals surface area contributed by atoms with Gasteiger partial charge in [-0.3, -0.25) is 9.69 Å². The number of imide groups is 1. The topological polar surface area (TPSA) is 55.9 Å². The molecule has 0 spiro atoms. The van der Waals surface area contributed by atoms with Gasteiger partial charge in [0.25, 0.3) is 0 Å². The van der Waals surface area contributed by atoms with E-state index in [0.29, 0.717) is 19.6 Å². The first-order valence-corrected chi connectivity index (χ1v) is 10.2. The summed E-state index contributed by atoms with van der Waals surface area (Å²) in [7, 11) is 0. The number of hydrogen-bond acceptors (Lipinski definition) is 4. The van der Waals surface area contributed by atoms with Crippen molar-refractivity contribution in [2.75, 3.05) is 37.6 Å². The average Bonchev–Trinajstić information content (AvgIpc) is 3.23. The van der Waals surface area contributed by atoms with Gasteiger partial charge >= 0.3 is 6.03 Å². The van der Waals surface area contributed by atoms with Crippen LogP contribution in [0.25, 0.3) is 0 Å². The predicted octanol–water partition coefficient (Wildman–Crippen LogP) is 2.83. The molecule has 0 aliphatic carbocycles. The first kappa shape index (κ1) is 19.0. The summed E-state index contributed by atoms with van der Waals surface area (Å²) in [4.78, 5) is 29.2. The van der Waals surface area contributed by atoms with Crippen LogP contribution in [0.2, 0.25) is 0 Å². The number of amides is 3. The number of halogens is 2. The Morgan fingerprint density at radius 3 is 2.50 bits per heavy atom. The van der Waals surface area contributed by atoms with Crippen LogP contribution >= 0.6 is 0 Å². The number of likely N-dealkylation sites (tertiary alicyclic amines) is 1. The van der Waals surface area contributed by atoms with E-state index in [1.165, 1.54) is 23.1 Å². The lowest BCUT2D eigenvalue weighted by molar-refractivity contribution is -0.125. The summed E-state index contributed by atoms with van der Waals surface area (Å²) in [5.41, 5.74) is 2.79. The highest BCUT2D eigenvalue weighted by molar-refractivity contribution is 6.01. The molecule has 2 aromatic carbocycles. The van der Waals surface area contributed by atoms with Gasteiger partial charge in [-0.1, -0.05) is 0 Å². The standard InChI is InChI=1S/C22H22F2N4O2/c23-14-1-4-16(5-2-14)28-19-6-3-15(24)11-17(19)18-13-26(8-7-20(18)28)9-10-27-21(29)12-25-22(27)30/h1-6,11,18,20H,7-10,12-13H2,(H,25,30)/t18-,20+/m0/s1. The number of fused-ring (bicyclic) bond motifs is 3. The van der Waals surface area contributed by atoms with Crippen LogP contribution in [0.1, 0.15) is 17.9 Å². The molecule has 3 aliphatic rings. The number of rotatable bonds is 4. The number of carbonyl (C=O) groups excluding carboxylic acids is 2. The van der Waals surface area contributed by atoms with Gasteiger partial charge in [-0.15, -0.1) is 0 Å². The predicted molar refractivity (Wildman–Crippen MR) is 108 cm³/mol. The Labute approximate surface area is 173 Å². The van der Waals surface area contributed by atoms with Crippen LogP contribution < -0.4 is 10.2 Å². The summed E-state index contributed by atoms with van der Waals surface area (Å²) < 4.78 is 27.5. The molecule has 0 aromatic heterocycles. The van der Waals surface area contributed by atoms with Crippen molar-refractivity contribution in [2.45, 2.75) is 18.4 Å². The number of carbonyl (C=O) groups is 2. The zero-order chi connectivity index (χ0) is 20.8. The minimum Gasteiger partial charge on any atom is -0.337 e. The van der Waals surface area contributed by atoms with Crippen LogP contribution in [0.4, 0.5) is 25.0 Å². The lowest BCUT2D eigenvalue weighted by Crippen LogP contribution is -2.47.